The topological polar surface area (TPSA) is 73.6 Å². The van der Waals surface area contributed by atoms with Crippen molar-refractivity contribution in [2.75, 3.05) is 0 Å². The molecule has 2 unspecified atom stereocenters. The molecule has 4 rings (SSSR count). The summed E-state index contributed by atoms with van der Waals surface area (Å²) in [5.74, 6) is -0.438. The highest BCUT2D eigenvalue weighted by atomic mass is 19.1. The Morgan fingerprint density at radius 3 is 2.55 bits per heavy atom. The summed E-state index contributed by atoms with van der Waals surface area (Å²) < 4.78 is 19.4. The predicted octanol–water partition coefficient (Wildman–Crippen LogP) is 4.04. The minimum Gasteiger partial charge on any atom is -0.445 e. The summed E-state index contributed by atoms with van der Waals surface area (Å²) in [5, 5.41) is 20.5. The van der Waals surface area contributed by atoms with Gasteiger partial charge in [0.2, 0.25) is 0 Å². The van der Waals surface area contributed by atoms with Crippen LogP contribution in [0.2, 0.25) is 0 Å². The molecule has 5 nitrogen and oxygen atoms in total. The van der Waals surface area contributed by atoms with E-state index in [2.05, 4.69) is 6.07 Å². The Morgan fingerprint density at radius 2 is 1.90 bits per heavy atom. The first-order valence-corrected chi connectivity index (χ1v) is 9.87. The summed E-state index contributed by atoms with van der Waals surface area (Å²) in [5.41, 5.74) is 0.767. The van der Waals surface area contributed by atoms with Crippen LogP contribution in [-0.2, 0) is 23.4 Å². The lowest BCUT2D eigenvalue weighted by Gasteiger charge is -2.44. The van der Waals surface area contributed by atoms with Crippen LogP contribution in [0.4, 0.5) is 9.18 Å². The lowest BCUT2D eigenvalue weighted by atomic mass is 9.78. The van der Waals surface area contributed by atoms with Crippen molar-refractivity contribution in [3.8, 4) is 6.07 Å². The summed E-state index contributed by atoms with van der Waals surface area (Å²) in [6.07, 6.45) is 1.90. The third-order valence-electron chi connectivity index (χ3n) is 6.03. The Labute approximate surface area is 169 Å². The highest BCUT2D eigenvalue weighted by Crippen LogP contribution is 2.47. The number of ether oxygens (including phenoxy) is 1. The van der Waals surface area contributed by atoms with Crippen molar-refractivity contribution in [3.63, 3.8) is 0 Å². The van der Waals surface area contributed by atoms with Crippen LogP contribution in [0.25, 0.3) is 0 Å². The number of nitriles is 1. The molecule has 29 heavy (non-hydrogen) atoms. The molecule has 2 aliphatic heterocycles. The average Bonchev–Trinajstić information content (AvgIpc) is 3.00. The Morgan fingerprint density at radius 1 is 1.21 bits per heavy atom. The molecule has 0 spiro atoms. The third kappa shape index (κ3) is 3.83. The number of amides is 1. The quantitative estimate of drug-likeness (QED) is 0.849. The molecule has 2 aromatic rings. The SMILES string of the molecule is N#CCc1ccc(F)cc1C1(O)CC2CCC(C1)N2C(=O)OCc1ccccc1. The van der Waals surface area contributed by atoms with Gasteiger partial charge in [0.15, 0.2) is 0 Å². The molecule has 6 heteroatoms. The number of rotatable bonds is 4. The van der Waals surface area contributed by atoms with Crippen molar-refractivity contribution >= 4 is 6.09 Å². The van der Waals surface area contributed by atoms with Crippen molar-refractivity contribution in [1.29, 1.82) is 5.26 Å². The second-order valence-electron chi connectivity index (χ2n) is 7.91. The zero-order valence-corrected chi connectivity index (χ0v) is 16.1. The minimum atomic E-state index is -1.25. The van der Waals surface area contributed by atoms with E-state index in [1.165, 1.54) is 12.1 Å². The number of nitrogens with zero attached hydrogens (tertiary/aromatic N) is 2. The van der Waals surface area contributed by atoms with E-state index >= 15 is 0 Å². The van der Waals surface area contributed by atoms with E-state index in [4.69, 9.17) is 10.00 Å². The van der Waals surface area contributed by atoms with Crippen molar-refractivity contribution in [1.82, 2.24) is 4.90 Å². The number of hydrogen-bond donors (Lipinski definition) is 1. The molecule has 2 aromatic carbocycles. The fraction of sp³-hybridized carbons (Fsp3) is 0.391. The summed E-state index contributed by atoms with van der Waals surface area (Å²) in [6, 6.07) is 15.4. The van der Waals surface area contributed by atoms with Gasteiger partial charge in [-0.2, -0.15) is 5.26 Å². The molecule has 1 amide bonds. The fourth-order valence-corrected chi connectivity index (χ4v) is 4.76. The molecule has 0 aliphatic carbocycles. The molecule has 2 fully saturated rings. The van der Waals surface area contributed by atoms with Gasteiger partial charge in [-0.15, -0.1) is 0 Å². The molecule has 2 atom stereocenters. The number of halogens is 1. The van der Waals surface area contributed by atoms with Gasteiger partial charge in [-0.3, -0.25) is 0 Å². The standard InChI is InChI=1S/C23H23FN2O3/c24-18-7-6-17(10-11-25)21(12-18)23(28)13-19-8-9-20(14-23)26(19)22(27)29-15-16-4-2-1-3-5-16/h1-7,12,19-20,28H,8-10,13-15H2. The molecule has 2 aliphatic rings. The molecule has 2 saturated heterocycles. The smallest absolute Gasteiger partial charge is 0.410 e. The van der Waals surface area contributed by atoms with E-state index < -0.39 is 11.4 Å². The van der Waals surface area contributed by atoms with Crippen LogP contribution in [0.3, 0.4) is 0 Å². The molecule has 2 heterocycles. The molecular weight excluding hydrogens is 371 g/mol. The second-order valence-corrected chi connectivity index (χ2v) is 7.91. The van der Waals surface area contributed by atoms with Gasteiger partial charge in [-0.25, -0.2) is 9.18 Å². The Hall–Kier alpha value is -2.91. The maximum absolute atomic E-state index is 13.9. The molecule has 0 radical (unpaired) electrons. The number of aliphatic hydroxyl groups is 1. The van der Waals surface area contributed by atoms with Crippen LogP contribution in [0, 0.1) is 17.1 Å². The van der Waals surface area contributed by atoms with Crippen molar-refractivity contribution in [2.24, 2.45) is 0 Å². The molecular formula is C23H23FN2O3. The van der Waals surface area contributed by atoms with E-state index in [1.807, 2.05) is 30.3 Å². The fourth-order valence-electron chi connectivity index (χ4n) is 4.76. The number of carbonyl (C=O) groups excluding carboxylic acids is 1. The number of benzene rings is 2. The molecule has 2 bridgehead atoms. The number of hydrogen-bond acceptors (Lipinski definition) is 4. The largest absolute Gasteiger partial charge is 0.445 e. The molecule has 150 valence electrons. The van der Waals surface area contributed by atoms with Crippen LogP contribution in [0.1, 0.15) is 42.4 Å². The van der Waals surface area contributed by atoms with Gasteiger partial charge < -0.3 is 14.7 Å². The Bertz CT molecular complexity index is 927. The Kier molecular flexibility index (Phi) is 5.25. The summed E-state index contributed by atoms with van der Waals surface area (Å²) in [7, 11) is 0. The van der Waals surface area contributed by atoms with Gasteiger partial charge >= 0.3 is 6.09 Å². The number of carbonyl (C=O) groups is 1. The number of fused-ring (bicyclic) bond motifs is 2. The van der Waals surface area contributed by atoms with Crippen molar-refractivity contribution in [2.45, 2.75) is 56.4 Å². The lowest BCUT2D eigenvalue weighted by Crippen LogP contribution is -2.52. The van der Waals surface area contributed by atoms with Gasteiger partial charge in [0, 0.05) is 24.9 Å². The maximum atomic E-state index is 13.9. The van der Waals surface area contributed by atoms with Gasteiger partial charge in [0.05, 0.1) is 18.1 Å². The van der Waals surface area contributed by atoms with E-state index in [1.54, 1.807) is 11.0 Å². The zero-order valence-electron chi connectivity index (χ0n) is 16.1. The molecule has 0 aromatic heterocycles. The van der Waals surface area contributed by atoms with Gasteiger partial charge in [-0.1, -0.05) is 36.4 Å². The van der Waals surface area contributed by atoms with E-state index in [-0.39, 0.29) is 31.2 Å². The second kappa shape index (κ2) is 7.84. The average molecular weight is 394 g/mol. The van der Waals surface area contributed by atoms with Crippen LogP contribution < -0.4 is 0 Å². The molecule has 0 saturated carbocycles. The van der Waals surface area contributed by atoms with E-state index in [0.717, 1.165) is 18.4 Å². The van der Waals surface area contributed by atoms with Crippen LogP contribution in [-0.4, -0.2) is 28.2 Å². The predicted molar refractivity (Wildman–Crippen MR) is 104 cm³/mol. The Balaban J connectivity index is 1.51. The monoisotopic (exact) mass is 394 g/mol. The summed E-state index contributed by atoms with van der Waals surface area (Å²) in [6.45, 7) is 0.204. The van der Waals surface area contributed by atoms with E-state index in [9.17, 15) is 14.3 Å². The van der Waals surface area contributed by atoms with Crippen LogP contribution >= 0.6 is 0 Å². The molecule has 1 N–H and O–H groups in total. The normalized spacial score (nSPS) is 25.5. The van der Waals surface area contributed by atoms with Crippen molar-refractivity contribution < 1.29 is 19.0 Å². The van der Waals surface area contributed by atoms with Gasteiger partial charge in [0.1, 0.15) is 12.4 Å². The minimum absolute atomic E-state index is 0.107. The van der Waals surface area contributed by atoms with Crippen molar-refractivity contribution in [3.05, 3.63) is 71.0 Å². The first-order valence-electron chi connectivity index (χ1n) is 9.87. The summed E-state index contributed by atoms with van der Waals surface area (Å²) in [4.78, 5) is 14.5. The van der Waals surface area contributed by atoms with Crippen LogP contribution in [0.5, 0.6) is 0 Å². The third-order valence-corrected chi connectivity index (χ3v) is 6.03. The van der Waals surface area contributed by atoms with Crippen LogP contribution in [0.15, 0.2) is 48.5 Å². The van der Waals surface area contributed by atoms with Gasteiger partial charge in [-0.05, 0) is 41.7 Å². The first kappa shape index (κ1) is 19.4. The highest BCUT2D eigenvalue weighted by molar-refractivity contribution is 5.69. The number of piperidine rings is 1. The zero-order chi connectivity index (χ0) is 20.4. The highest BCUT2D eigenvalue weighted by Gasteiger charge is 2.51. The first-order chi connectivity index (χ1) is 14.0. The lowest BCUT2D eigenvalue weighted by molar-refractivity contribution is -0.0542. The van der Waals surface area contributed by atoms with Gasteiger partial charge in [0.25, 0.3) is 0 Å². The van der Waals surface area contributed by atoms with E-state index in [0.29, 0.717) is 24.0 Å². The summed E-state index contributed by atoms with van der Waals surface area (Å²) >= 11 is 0. The maximum Gasteiger partial charge on any atom is 0.410 e.